The molecule has 7 heteroatoms. The summed E-state index contributed by atoms with van der Waals surface area (Å²) in [4.78, 5) is 31.7. The molecule has 1 fully saturated rings. The number of amides is 2. The van der Waals surface area contributed by atoms with Gasteiger partial charge in [0.1, 0.15) is 0 Å². The van der Waals surface area contributed by atoms with Crippen molar-refractivity contribution < 1.29 is 9.59 Å². The Morgan fingerprint density at radius 1 is 1.12 bits per heavy atom. The van der Waals surface area contributed by atoms with E-state index in [-0.39, 0.29) is 24.2 Å². The van der Waals surface area contributed by atoms with Gasteiger partial charge in [-0.1, -0.05) is 60.7 Å². The maximum Gasteiger partial charge on any atom is 0.237 e. The molecule has 0 saturated carbocycles. The van der Waals surface area contributed by atoms with Crippen LogP contribution in [0.4, 0.5) is 0 Å². The zero-order chi connectivity index (χ0) is 22.2. The third-order valence-corrected chi connectivity index (χ3v) is 6.46. The summed E-state index contributed by atoms with van der Waals surface area (Å²) in [5.41, 5.74) is 5.17. The summed E-state index contributed by atoms with van der Waals surface area (Å²) in [6.07, 6.45) is 0.846. The van der Waals surface area contributed by atoms with Crippen molar-refractivity contribution in [2.45, 2.75) is 24.8 Å². The van der Waals surface area contributed by atoms with Crippen LogP contribution in [0.5, 0.6) is 0 Å². The van der Waals surface area contributed by atoms with E-state index in [0.29, 0.717) is 26.1 Å². The monoisotopic (exact) mass is 448 g/mol. The van der Waals surface area contributed by atoms with E-state index in [1.165, 1.54) is 11.1 Å². The van der Waals surface area contributed by atoms with Gasteiger partial charge in [0, 0.05) is 43.9 Å². The van der Waals surface area contributed by atoms with Crippen LogP contribution < -0.4 is 10.6 Å². The molecule has 1 unspecified atom stereocenters. The van der Waals surface area contributed by atoms with E-state index in [4.69, 9.17) is 0 Å². The molecule has 1 saturated heterocycles. The zero-order valence-corrected chi connectivity index (χ0v) is 18.8. The number of thiazole rings is 1. The second kappa shape index (κ2) is 11.0. The summed E-state index contributed by atoms with van der Waals surface area (Å²) >= 11 is 1.55. The number of piperazine rings is 1. The van der Waals surface area contributed by atoms with E-state index in [9.17, 15) is 9.59 Å². The highest BCUT2D eigenvalue weighted by Crippen LogP contribution is 2.27. The minimum atomic E-state index is -0.474. The number of nitrogens with one attached hydrogen (secondary N) is 2. The Morgan fingerprint density at radius 3 is 2.44 bits per heavy atom. The standard InChI is InChI=1S/C25H28N4O2S/c30-24(26-12-11-21-17-32-18-28-21)15-23-25(31)27-13-14-29(23)16-22(19-7-3-1-4-8-19)20-9-5-2-6-10-20/h1-10,17-18,22-23H,11-16H2,(H,26,30)(H,27,31). The van der Waals surface area contributed by atoms with Gasteiger partial charge in [-0.15, -0.1) is 11.3 Å². The zero-order valence-electron chi connectivity index (χ0n) is 17.9. The smallest absolute Gasteiger partial charge is 0.237 e. The first-order valence-electron chi connectivity index (χ1n) is 11.0. The minimum Gasteiger partial charge on any atom is -0.356 e. The number of hydrogen-bond acceptors (Lipinski definition) is 5. The van der Waals surface area contributed by atoms with E-state index in [0.717, 1.165) is 12.2 Å². The number of rotatable bonds is 9. The van der Waals surface area contributed by atoms with Crippen LogP contribution in [0.1, 0.15) is 29.2 Å². The van der Waals surface area contributed by atoms with Gasteiger partial charge >= 0.3 is 0 Å². The largest absolute Gasteiger partial charge is 0.356 e. The van der Waals surface area contributed by atoms with Gasteiger partial charge in [-0.3, -0.25) is 14.5 Å². The molecule has 1 atom stereocenters. The first-order valence-corrected chi connectivity index (χ1v) is 11.9. The van der Waals surface area contributed by atoms with Crippen molar-refractivity contribution in [3.05, 3.63) is 88.4 Å². The molecule has 1 aliphatic rings. The van der Waals surface area contributed by atoms with Gasteiger partial charge in [-0.25, -0.2) is 4.98 Å². The fourth-order valence-electron chi connectivity index (χ4n) is 4.15. The molecular formula is C25H28N4O2S. The number of nitrogens with zero attached hydrogens (tertiary/aromatic N) is 2. The third kappa shape index (κ3) is 5.81. The van der Waals surface area contributed by atoms with E-state index in [2.05, 4.69) is 44.8 Å². The highest BCUT2D eigenvalue weighted by Gasteiger charge is 2.33. The lowest BCUT2D eigenvalue weighted by Crippen LogP contribution is -2.57. The SMILES string of the molecule is O=C(CC1C(=O)NCCN1CC(c1ccccc1)c1ccccc1)NCCc1cscn1. The highest BCUT2D eigenvalue weighted by atomic mass is 32.1. The van der Waals surface area contributed by atoms with Crippen molar-refractivity contribution in [3.63, 3.8) is 0 Å². The van der Waals surface area contributed by atoms with Gasteiger partial charge in [0.05, 0.1) is 23.7 Å². The Bertz CT molecular complexity index is 956. The summed E-state index contributed by atoms with van der Waals surface area (Å²) in [6.45, 7) is 2.52. The van der Waals surface area contributed by atoms with Gasteiger partial charge in [-0.05, 0) is 11.1 Å². The second-order valence-electron chi connectivity index (χ2n) is 7.96. The van der Waals surface area contributed by atoms with E-state index in [1.807, 2.05) is 41.8 Å². The summed E-state index contributed by atoms with van der Waals surface area (Å²) in [6, 6.07) is 20.2. The number of carbonyl (C=O) groups is 2. The first-order chi connectivity index (χ1) is 15.7. The van der Waals surface area contributed by atoms with Gasteiger partial charge < -0.3 is 10.6 Å². The van der Waals surface area contributed by atoms with Crippen LogP contribution >= 0.6 is 11.3 Å². The number of aromatic nitrogens is 1. The molecule has 2 heterocycles. The summed E-state index contributed by atoms with van der Waals surface area (Å²) in [7, 11) is 0. The molecule has 0 spiro atoms. The summed E-state index contributed by atoms with van der Waals surface area (Å²) < 4.78 is 0. The summed E-state index contributed by atoms with van der Waals surface area (Å²) in [5.74, 6) is -0.0625. The van der Waals surface area contributed by atoms with Gasteiger partial charge in [0.25, 0.3) is 0 Å². The molecule has 6 nitrogen and oxygen atoms in total. The molecule has 0 bridgehead atoms. The van der Waals surface area contributed by atoms with E-state index >= 15 is 0 Å². The van der Waals surface area contributed by atoms with Crippen LogP contribution in [0.15, 0.2) is 71.6 Å². The Labute approximate surface area is 192 Å². The molecule has 32 heavy (non-hydrogen) atoms. The molecular weight excluding hydrogens is 420 g/mol. The van der Waals surface area contributed by atoms with Crippen molar-refractivity contribution in [1.29, 1.82) is 0 Å². The Morgan fingerprint density at radius 2 is 1.81 bits per heavy atom. The number of carbonyl (C=O) groups excluding carboxylic acids is 2. The Kier molecular flexibility index (Phi) is 7.64. The predicted molar refractivity (Wildman–Crippen MR) is 127 cm³/mol. The van der Waals surface area contributed by atoms with Crippen molar-refractivity contribution >= 4 is 23.2 Å². The number of benzene rings is 2. The second-order valence-corrected chi connectivity index (χ2v) is 8.68. The van der Waals surface area contributed by atoms with Crippen LogP contribution in [-0.2, 0) is 16.0 Å². The van der Waals surface area contributed by atoms with Gasteiger partial charge in [-0.2, -0.15) is 0 Å². The fraction of sp³-hybridized carbons (Fsp3) is 0.320. The average Bonchev–Trinajstić information content (AvgIpc) is 3.34. The Hall–Kier alpha value is -3.03. The third-order valence-electron chi connectivity index (χ3n) is 5.83. The molecule has 1 aliphatic heterocycles. The van der Waals surface area contributed by atoms with E-state index in [1.54, 1.807) is 16.8 Å². The first kappa shape index (κ1) is 22.2. The predicted octanol–water partition coefficient (Wildman–Crippen LogP) is 2.82. The fourth-order valence-corrected chi connectivity index (χ4v) is 4.74. The molecule has 1 aromatic heterocycles. The van der Waals surface area contributed by atoms with Gasteiger partial charge in [0.2, 0.25) is 11.8 Å². The van der Waals surface area contributed by atoms with Crippen molar-refractivity contribution in [2.24, 2.45) is 0 Å². The molecule has 2 aromatic carbocycles. The van der Waals surface area contributed by atoms with Crippen molar-refractivity contribution in [1.82, 2.24) is 20.5 Å². The normalized spacial score (nSPS) is 16.7. The molecule has 4 rings (SSSR count). The van der Waals surface area contributed by atoms with Crippen LogP contribution in [-0.4, -0.2) is 53.9 Å². The van der Waals surface area contributed by atoms with Gasteiger partial charge in [0.15, 0.2) is 0 Å². The maximum atomic E-state index is 12.7. The molecule has 2 amide bonds. The number of hydrogen-bond donors (Lipinski definition) is 2. The maximum absolute atomic E-state index is 12.7. The topological polar surface area (TPSA) is 74.3 Å². The average molecular weight is 449 g/mol. The van der Waals surface area contributed by atoms with Crippen LogP contribution in [0.25, 0.3) is 0 Å². The minimum absolute atomic E-state index is 0.0780. The highest BCUT2D eigenvalue weighted by molar-refractivity contribution is 7.07. The Balaban J connectivity index is 1.44. The molecule has 3 aromatic rings. The van der Waals surface area contributed by atoms with Crippen LogP contribution in [0.2, 0.25) is 0 Å². The lowest BCUT2D eigenvalue weighted by molar-refractivity contribution is -0.134. The van der Waals surface area contributed by atoms with Crippen molar-refractivity contribution in [2.75, 3.05) is 26.2 Å². The lowest BCUT2D eigenvalue weighted by atomic mass is 9.90. The van der Waals surface area contributed by atoms with Crippen molar-refractivity contribution in [3.8, 4) is 0 Å². The summed E-state index contributed by atoms with van der Waals surface area (Å²) in [5, 5.41) is 7.86. The lowest BCUT2D eigenvalue weighted by Gasteiger charge is -2.37. The van der Waals surface area contributed by atoms with E-state index < -0.39 is 6.04 Å². The quantitative estimate of drug-likeness (QED) is 0.528. The van der Waals surface area contributed by atoms with Crippen LogP contribution in [0, 0.1) is 0 Å². The molecule has 0 aliphatic carbocycles. The molecule has 2 N–H and O–H groups in total. The molecule has 0 radical (unpaired) electrons. The molecule has 166 valence electrons. The van der Waals surface area contributed by atoms with Crippen LogP contribution in [0.3, 0.4) is 0 Å².